The third-order valence-electron chi connectivity index (χ3n) is 4.44. The normalized spacial score (nSPS) is 11.1. The Balaban J connectivity index is 1.40. The van der Waals surface area contributed by atoms with Crippen molar-refractivity contribution in [2.24, 2.45) is 0 Å². The molecule has 154 valence electrons. The van der Waals surface area contributed by atoms with Gasteiger partial charge in [-0.3, -0.25) is 14.8 Å². The highest BCUT2D eigenvalue weighted by Gasteiger charge is 2.14. The van der Waals surface area contributed by atoms with Gasteiger partial charge in [0.25, 0.3) is 5.91 Å². The summed E-state index contributed by atoms with van der Waals surface area (Å²) in [4.78, 5) is 16.6. The summed E-state index contributed by atoms with van der Waals surface area (Å²) in [6.07, 6.45) is 3.24. The lowest BCUT2D eigenvalue weighted by Gasteiger charge is -2.04. The van der Waals surface area contributed by atoms with Crippen LogP contribution in [0.4, 0.5) is 5.95 Å². The average Bonchev–Trinajstić information content (AvgIpc) is 3.40. The van der Waals surface area contributed by atoms with Gasteiger partial charge in [0.1, 0.15) is 13.0 Å². The van der Waals surface area contributed by atoms with E-state index in [9.17, 15) is 4.79 Å². The van der Waals surface area contributed by atoms with Crippen LogP contribution in [0.2, 0.25) is 10.0 Å². The van der Waals surface area contributed by atoms with Crippen molar-refractivity contribution < 1.29 is 4.79 Å². The summed E-state index contributed by atoms with van der Waals surface area (Å²) in [5.41, 5.74) is 2.81. The van der Waals surface area contributed by atoms with E-state index in [1.807, 2.05) is 32.0 Å². The summed E-state index contributed by atoms with van der Waals surface area (Å²) >= 11 is 12.2. The number of hydrogen-bond donors (Lipinski definition) is 1. The topological polar surface area (TPSA) is 95.5 Å². The number of anilines is 1. The molecule has 30 heavy (non-hydrogen) atoms. The lowest BCUT2D eigenvalue weighted by molar-refractivity contribution is 0.102. The van der Waals surface area contributed by atoms with Crippen LogP contribution >= 0.6 is 23.2 Å². The fourth-order valence-corrected chi connectivity index (χ4v) is 3.28. The Labute approximate surface area is 182 Å². The molecule has 3 aromatic heterocycles. The summed E-state index contributed by atoms with van der Waals surface area (Å²) < 4.78 is 4.95. The van der Waals surface area contributed by atoms with E-state index < -0.39 is 5.91 Å². The molecule has 0 aliphatic rings. The second-order valence-corrected chi connectivity index (χ2v) is 7.53. The maximum absolute atomic E-state index is 12.5. The second-order valence-electron chi connectivity index (χ2n) is 6.72. The van der Waals surface area contributed by atoms with Gasteiger partial charge < -0.3 is 0 Å². The number of hydrogen-bond acceptors (Lipinski definition) is 5. The molecule has 0 saturated carbocycles. The van der Waals surface area contributed by atoms with E-state index >= 15 is 0 Å². The van der Waals surface area contributed by atoms with E-state index in [4.69, 9.17) is 23.2 Å². The molecule has 9 nitrogen and oxygen atoms in total. The van der Waals surface area contributed by atoms with Crippen molar-refractivity contribution in [1.29, 1.82) is 0 Å². The Bertz CT molecular complexity index is 1210. The van der Waals surface area contributed by atoms with Crippen LogP contribution in [0, 0.1) is 13.8 Å². The minimum absolute atomic E-state index is 0.196. The fraction of sp³-hybridized carbons (Fsp3) is 0.211. The Morgan fingerprint density at radius 1 is 1.10 bits per heavy atom. The van der Waals surface area contributed by atoms with Gasteiger partial charge in [-0.05, 0) is 37.6 Å². The highest BCUT2D eigenvalue weighted by Crippen LogP contribution is 2.18. The first kappa shape index (κ1) is 20.1. The molecule has 0 saturated heterocycles. The van der Waals surface area contributed by atoms with E-state index in [2.05, 4.69) is 25.6 Å². The molecule has 0 atom stereocenters. The molecule has 0 fully saturated rings. The molecule has 1 N–H and O–H groups in total. The third kappa shape index (κ3) is 4.37. The Morgan fingerprint density at radius 3 is 2.67 bits per heavy atom. The first-order chi connectivity index (χ1) is 14.4. The van der Waals surface area contributed by atoms with Gasteiger partial charge in [0.15, 0.2) is 5.69 Å². The highest BCUT2D eigenvalue weighted by molar-refractivity contribution is 6.31. The number of rotatable bonds is 6. The molecule has 3 heterocycles. The molecular weight excluding hydrogens is 427 g/mol. The number of benzene rings is 1. The monoisotopic (exact) mass is 444 g/mol. The Morgan fingerprint density at radius 2 is 1.93 bits per heavy atom. The molecule has 0 aliphatic carbocycles. The van der Waals surface area contributed by atoms with E-state index in [1.165, 1.54) is 0 Å². The molecule has 0 aliphatic heterocycles. The van der Waals surface area contributed by atoms with Crippen LogP contribution in [0.25, 0.3) is 0 Å². The molecule has 4 rings (SSSR count). The van der Waals surface area contributed by atoms with Crippen molar-refractivity contribution in [2.45, 2.75) is 27.1 Å². The van der Waals surface area contributed by atoms with E-state index in [0.29, 0.717) is 23.3 Å². The summed E-state index contributed by atoms with van der Waals surface area (Å²) in [5.74, 6) is -0.206. The Hall–Kier alpha value is -3.17. The van der Waals surface area contributed by atoms with Gasteiger partial charge >= 0.3 is 0 Å². The largest absolute Gasteiger partial charge is 0.288 e. The number of amides is 1. The van der Waals surface area contributed by atoms with E-state index in [-0.39, 0.29) is 11.6 Å². The van der Waals surface area contributed by atoms with Crippen LogP contribution < -0.4 is 5.32 Å². The summed E-state index contributed by atoms with van der Waals surface area (Å²) in [7, 11) is 0. The van der Waals surface area contributed by atoms with Crippen molar-refractivity contribution in [3.8, 4) is 0 Å². The molecule has 0 spiro atoms. The predicted molar refractivity (Wildman–Crippen MR) is 113 cm³/mol. The number of aromatic nitrogens is 7. The van der Waals surface area contributed by atoms with Crippen LogP contribution in [-0.2, 0) is 13.2 Å². The SMILES string of the molecule is Cc1nn(Cn2ccc(C(=O)Nc3ncn(Cc4cccc(Cl)c4)n3)n2)c(C)c1Cl. The fourth-order valence-electron chi connectivity index (χ4n) is 2.93. The average molecular weight is 445 g/mol. The van der Waals surface area contributed by atoms with Gasteiger partial charge in [0, 0.05) is 11.2 Å². The van der Waals surface area contributed by atoms with Crippen molar-refractivity contribution in [1.82, 2.24) is 34.3 Å². The zero-order valence-corrected chi connectivity index (χ0v) is 17.8. The van der Waals surface area contributed by atoms with Gasteiger partial charge in [0.05, 0.1) is 23.0 Å². The molecule has 1 amide bonds. The maximum atomic E-state index is 12.5. The van der Waals surface area contributed by atoms with Crippen molar-refractivity contribution in [3.63, 3.8) is 0 Å². The zero-order chi connectivity index (χ0) is 21.3. The molecular formula is C19H18Cl2N8O. The van der Waals surface area contributed by atoms with Crippen LogP contribution in [0.15, 0.2) is 42.9 Å². The quantitative estimate of drug-likeness (QED) is 0.491. The third-order valence-corrected chi connectivity index (χ3v) is 5.22. The minimum atomic E-state index is -0.402. The van der Waals surface area contributed by atoms with Crippen LogP contribution in [-0.4, -0.2) is 40.2 Å². The Kier molecular flexibility index (Phi) is 5.56. The van der Waals surface area contributed by atoms with Gasteiger partial charge in [-0.15, -0.1) is 5.10 Å². The van der Waals surface area contributed by atoms with E-state index in [1.54, 1.807) is 38.7 Å². The standard InChI is InChI=1S/C19H18Cl2N8O/c1-12-17(21)13(2)29(24-12)11-27-7-6-16(25-27)18(30)23-19-22-10-28(26-19)9-14-4-3-5-15(20)8-14/h3-8,10H,9,11H2,1-2H3,(H,23,26,30). The zero-order valence-electron chi connectivity index (χ0n) is 16.3. The van der Waals surface area contributed by atoms with Crippen LogP contribution in [0.1, 0.15) is 27.4 Å². The number of halogens is 2. The van der Waals surface area contributed by atoms with Crippen LogP contribution in [0.5, 0.6) is 0 Å². The molecule has 4 aromatic rings. The molecule has 0 radical (unpaired) electrons. The summed E-state index contributed by atoms with van der Waals surface area (Å²) in [6, 6.07) is 9.08. The van der Waals surface area contributed by atoms with Gasteiger partial charge in [-0.1, -0.05) is 35.3 Å². The predicted octanol–water partition coefficient (Wildman–Crippen LogP) is 3.40. The number of aryl methyl sites for hydroxylation is 1. The maximum Gasteiger partial charge on any atom is 0.278 e. The van der Waals surface area contributed by atoms with Gasteiger partial charge in [-0.25, -0.2) is 14.3 Å². The molecule has 0 bridgehead atoms. The molecule has 0 unspecified atom stereocenters. The minimum Gasteiger partial charge on any atom is -0.288 e. The summed E-state index contributed by atoms with van der Waals surface area (Å²) in [5, 5.41) is 16.8. The molecule has 1 aromatic carbocycles. The van der Waals surface area contributed by atoms with Crippen molar-refractivity contribution in [3.05, 3.63) is 75.5 Å². The first-order valence-corrected chi connectivity index (χ1v) is 9.83. The van der Waals surface area contributed by atoms with Gasteiger partial charge in [0.2, 0.25) is 5.95 Å². The van der Waals surface area contributed by atoms with Crippen molar-refractivity contribution in [2.75, 3.05) is 5.32 Å². The second kappa shape index (κ2) is 8.29. The van der Waals surface area contributed by atoms with Gasteiger partial charge in [-0.2, -0.15) is 10.2 Å². The number of nitrogens with zero attached hydrogens (tertiary/aromatic N) is 7. The lowest BCUT2D eigenvalue weighted by Crippen LogP contribution is -2.16. The van der Waals surface area contributed by atoms with Crippen LogP contribution in [0.3, 0.4) is 0 Å². The summed E-state index contributed by atoms with van der Waals surface area (Å²) in [6.45, 7) is 4.56. The lowest BCUT2D eigenvalue weighted by atomic mass is 10.2. The number of carbonyl (C=O) groups is 1. The number of carbonyl (C=O) groups excluding carboxylic acids is 1. The smallest absolute Gasteiger partial charge is 0.278 e. The number of nitrogens with one attached hydrogen (secondary N) is 1. The van der Waals surface area contributed by atoms with E-state index in [0.717, 1.165) is 17.0 Å². The molecule has 11 heteroatoms. The first-order valence-electron chi connectivity index (χ1n) is 9.07. The van der Waals surface area contributed by atoms with Crippen molar-refractivity contribution >= 4 is 35.1 Å². The highest BCUT2D eigenvalue weighted by atomic mass is 35.5.